The maximum Gasteiger partial charge on any atom is 0.495 e. The molecule has 1 amide bonds. The molecule has 10 heteroatoms. The normalized spacial score (nSPS) is 17.1. The Kier molecular flexibility index (Phi) is 7.39. The van der Waals surface area contributed by atoms with Gasteiger partial charge in [-0.3, -0.25) is 9.52 Å². The third-order valence-electron chi connectivity index (χ3n) is 4.79. The Morgan fingerprint density at radius 1 is 1.07 bits per heavy atom. The largest absolute Gasteiger partial charge is 0.495 e. The van der Waals surface area contributed by atoms with Crippen molar-refractivity contribution in [3.8, 4) is 0 Å². The van der Waals surface area contributed by atoms with Crippen molar-refractivity contribution < 1.29 is 25.4 Å². The second-order valence-corrected chi connectivity index (χ2v) is 10.4. The van der Waals surface area contributed by atoms with Crippen molar-refractivity contribution in [2.75, 3.05) is 16.3 Å². The minimum Gasteiger partial charge on any atom is -0.399 e. The van der Waals surface area contributed by atoms with E-state index in [1.807, 2.05) is 46.9 Å². The molecule has 7 nitrogen and oxygen atoms in total. The molecule has 1 aromatic heterocycles. The van der Waals surface area contributed by atoms with Crippen molar-refractivity contribution in [1.29, 1.82) is 0 Å². The molecule has 0 bridgehead atoms. The summed E-state index contributed by atoms with van der Waals surface area (Å²) in [5, 5.41) is 4.62. The van der Waals surface area contributed by atoms with Gasteiger partial charge in [0.25, 0.3) is 5.91 Å². The number of hydrogen-bond acceptors (Lipinski definition) is 6. The maximum atomic E-state index is 12.6. The lowest BCUT2D eigenvalue weighted by Crippen LogP contribution is -2.41. The van der Waals surface area contributed by atoms with Crippen LogP contribution >= 0.6 is 11.3 Å². The number of sulfonamides is 1. The van der Waals surface area contributed by atoms with Gasteiger partial charge in [0.1, 0.15) is 0 Å². The lowest BCUT2D eigenvalue weighted by atomic mass is 9.81. The molecule has 1 aliphatic rings. The zero-order chi connectivity index (χ0) is 22.7. The zero-order valence-corrected chi connectivity index (χ0v) is 20.0. The molecule has 1 fully saturated rings. The molecule has 0 aliphatic carbocycles. The summed E-state index contributed by atoms with van der Waals surface area (Å²) in [6.07, 6.45) is 1.07. The third-order valence-corrected chi connectivity index (χ3v) is 6.35. The summed E-state index contributed by atoms with van der Waals surface area (Å²) < 4.78 is 37.1. The lowest BCUT2D eigenvalue weighted by molar-refractivity contribution is 0.00578. The van der Waals surface area contributed by atoms with E-state index in [-0.39, 0.29) is 8.76 Å². The molecule has 0 unspecified atom stereocenters. The zero-order valence-electron chi connectivity index (χ0n) is 18.4. The number of carbonyl (C=O) groups is 1. The van der Waals surface area contributed by atoms with E-state index in [4.69, 9.17) is 9.31 Å². The fourth-order valence-electron chi connectivity index (χ4n) is 2.64. The summed E-state index contributed by atoms with van der Waals surface area (Å²) in [6.45, 7) is 11.9. The first-order valence-corrected chi connectivity index (χ1v) is 12.5. The van der Waals surface area contributed by atoms with Gasteiger partial charge >= 0.3 is 7.12 Å². The van der Waals surface area contributed by atoms with Crippen LogP contribution in [0.1, 0.15) is 54.1 Å². The molecule has 2 N–H and O–H groups in total. The van der Waals surface area contributed by atoms with E-state index in [1.54, 1.807) is 30.3 Å². The van der Waals surface area contributed by atoms with Crippen LogP contribution in [0.4, 0.5) is 11.4 Å². The van der Waals surface area contributed by atoms with Crippen molar-refractivity contribution in [3.05, 3.63) is 40.6 Å². The predicted octanol–water partition coefficient (Wildman–Crippen LogP) is 4.19. The summed E-state index contributed by atoms with van der Waals surface area (Å²) in [7, 11) is -3.91. The molecule has 0 atom stereocenters. The van der Waals surface area contributed by atoms with Crippen LogP contribution in [0.25, 0.3) is 0 Å². The van der Waals surface area contributed by atoms with Crippen LogP contribution < -0.4 is 15.5 Å². The quantitative estimate of drug-likeness (QED) is 0.658. The highest BCUT2D eigenvalue weighted by Crippen LogP contribution is 2.36. The maximum absolute atomic E-state index is 12.6. The third kappa shape index (κ3) is 5.84. The number of anilines is 2. The minimum absolute atomic E-state index is 0. The van der Waals surface area contributed by atoms with Crippen LogP contribution in [0.5, 0.6) is 0 Å². The van der Waals surface area contributed by atoms with Crippen molar-refractivity contribution in [1.82, 2.24) is 0 Å². The molecule has 0 radical (unpaired) electrons. The van der Waals surface area contributed by atoms with Gasteiger partial charge in [-0.15, -0.1) is 11.3 Å². The van der Waals surface area contributed by atoms with Crippen molar-refractivity contribution in [2.45, 2.75) is 52.7 Å². The molecule has 3 rings (SSSR count). The number of amides is 1. The number of nitrogens with one attached hydrogen (secondary N) is 2. The summed E-state index contributed by atoms with van der Waals surface area (Å²) in [5.41, 5.74) is 0.763. The fraction of sp³-hybridized carbons (Fsp3) is 0.450. The van der Waals surface area contributed by atoms with Gasteiger partial charge in [-0.1, -0.05) is 19.9 Å². The predicted molar refractivity (Wildman–Crippen MR) is 128 cm³/mol. The molecule has 0 saturated carbocycles. The number of rotatable bonds is 5. The Morgan fingerprint density at radius 3 is 2.20 bits per heavy atom. The summed E-state index contributed by atoms with van der Waals surface area (Å²) in [4.78, 5) is 13.1. The van der Waals surface area contributed by atoms with Gasteiger partial charge in [0, 0.05) is 8.54 Å². The standard InChI is InChI=1S/C18H23BN2O5S2.C2H6.2H2/c1-17(2)18(3,4)26-19(25-17)12-9-15(27-11-12)16(22)20-13-7-6-8-14(10-13)21-28(5,23)24;1-2;;/h6-11,21H,1-5H3,(H,20,22);1-2H3;2*1H. The highest BCUT2D eigenvalue weighted by atomic mass is 32.2. The monoisotopic (exact) mass is 456 g/mol. The highest BCUT2D eigenvalue weighted by Gasteiger charge is 2.52. The van der Waals surface area contributed by atoms with E-state index in [1.165, 1.54) is 11.3 Å². The van der Waals surface area contributed by atoms with Gasteiger partial charge in [0.15, 0.2) is 0 Å². The molecule has 0 spiro atoms. The minimum atomic E-state index is -3.39. The Balaban J connectivity index is 0.00000234. The Hall–Kier alpha value is -1.88. The van der Waals surface area contributed by atoms with Gasteiger partial charge in [0.05, 0.1) is 28.0 Å². The van der Waals surface area contributed by atoms with E-state index in [9.17, 15) is 13.2 Å². The number of thiophene rings is 1. The van der Waals surface area contributed by atoms with E-state index in [0.717, 1.165) is 11.7 Å². The molecule has 1 aliphatic heterocycles. The molecule has 1 aromatic carbocycles. The van der Waals surface area contributed by atoms with Gasteiger partial charge in [0.2, 0.25) is 10.0 Å². The first-order valence-electron chi connectivity index (χ1n) is 9.70. The van der Waals surface area contributed by atoms with Crippen LogP contribution in [0, 0.1) is 0 Å². The second-order valence-electron chi connectivity index (χ2n) is 7.74. The van der Waals surface area contributed by atoms with Gasteiger partial charge in [-0.25, -0.2) is 8.42 Å². The molecule has 2 heterocycles. The van der Waals surface area contributed by atoms with Crippen LogP contribution in [-0.2, 0) is 19.3 Å². The van der Waals surface area contributed by atoms with Crippen molar-refractivity contribution in [2.24, 2.45) is 0 Å². The van der Waals surface area contributed by atoms with Gasteiger partial charge in [-0.2, -0.15) is 0 Å². The van der Waals surface area contributed by atoms with E-state index < -0.39 is 28.3 Å². The van der Waals surface area contributed by atoms with Crippen LogP contribution in [0.15, 0.2) is 35.7 Å². The Bertz CT molecular complexity index is 997. The first-order chi connectivity index (χ1) is 13.9. The molecule has 30 heavy (non-hydrogen) atoms. The van der Waals surface area contributed by atoms with E-state index in [2.05, 4.69) is 10.0 Å². The second kappa shape index (κ2) is 9.09. The van der Waals surface area contributed by atoms with E-state index >= 15 is 0 Å². The van der Waals surface area contributed by atoms with Crippen molar-refractivity contribution in [3.63, 3.8) is 0 Å². The molecular weight excluding hydrogens is 423 g/mol. The van der Waals surface area contributed by atoms with Gasteiger partial charge in [-0.05, 0) is 62.8 Å². The first kappa shape index (κ1) is 24.4. The SMILES string of the molecule is CC.CC1(C)OB(c2csc(C(=O)Nc3cccc(NS(C)(=O)=O)c3)c2)OC1(C)C.[HH].[HH]. The lowest BCUT2D eigenvalue weighted by Gasteiger charge is -2.32. The highest BCUT2D eigenvalue weighted by molar-refractivity contribution is 7.92. The Morgan fingerprint density at radius 2 is 1.63 bits per heavy atom. The van der Waals surface area contributed by atoms with Gasteiger partial charge < -0.3 is 14.6 Å². The summed E-state index contributed by atoms with van der Waals surface area (Å²) in [6, 6.07) is 8.27. The molecular formula is C20H33BN2O5S2. The summed E-state index contributed by atoms with van der Waals surface area (Å²) >= 11 is 1.29. The van der Waals surface area contributed by atoms with Crippen LogP contribution in [0.3, 0.4) is 0 Å². The summed E-state index contributed by atoms with van der Waals surface area (Å²) in [5.74, 6) is -0.288. The van der Waals surface area contributed by atoms with Crippen LogP contribution in [0.2, 0.25) is 0 Å². The average Bonchev–Trinajstić information content (AvgIpc) is 3.18. The molecule has 2 aromatic rings. The number of carbonyl (C=O) groups excluding carboxylic acids is 1. The Labute approximate surface area is 186 Å². The van der Waals surface area contributed by atoms with E-state index in [0.29, 0.717) is 16.3 Å². The topological polar surface area (TPSA) is 93.7 Å². The smallest absolute Gasteiger partial charge is 0.399 e. The molecule has 1 saturated heterocycles. The average molecular weight is 456 g/mol. The van der Waals surface area contributed by atoms with Crippen molar-refractivity contribution >= 4 is 51.2 Å². The molecule has 168 valence electrons. The van der Waals surface area contributed by atoms with Crippen LogP contribution in [-0.4, -0.2) is 38.9 Å². The number of hydrogen-bond donors (Lipinski definition) is 2. The fourth-order valence-corrected chi connectivity index (χ4v) is 4.00. The number of benzene rings is 1.